The lowest BCUT2D eigenvalue weighted by Crippen LogP contribution is -2.43. The quantitative estimate of drug-likeness (QED) is 0.625. The highest BCUT2D eigenvalue weighted by molar-refractivity contribution is 7.22. The topological polar surface area (TPSA) is 72.3 Å². The van der Waals surface area contributed by atoms with Crippen LogP contribution in [0.2, 0.25) is 0 Å². The lowest BCUT2D eigenvalue weighted by molar-refractivity contribution is -0.125. The number of thiazole rings is 1. The summed E-state index contributed by atoms with van der Waals surface area (Å²) in [5.41, 5.74) is 2.43. The molecule has 1 N–H and O–H groups in total. The minimum Gasteiger partial charge on any atom is -0.383 e. The van der Waals surface area contributed by atoms with Crippen LogP contribution in [-0.4, -0.2) is 54.0 Å². The van der Waals surface area contributed by atoms with Gasteiger partial charge in [0.1, 0.15) is 5.82 Å². The van der Waals surface area contributed by atoms with E-state index in [9.17, 15) is 9.18 Å². The van der Waals surface area contributed by atoms with E-state index in [1.165, 1.54) is 12.1 Å². The van der Waals surface area contributed by atoms with Crippen LogP contribution in [-0.2, 0) is 9.53 Å². The number of ether oxygens (including phenoxy) is 1. The Bertz CT molecular complexity index is 1000. The summed E-state index contributed by atoms with van der Waals surface area (Å²) < 4.78 is 21.0. The number of anilines is 1. The molecule has 4 rings (SSSR count). The molecular weight excluding hydrogens is 393 g/mol. The van der Waals surface area contributed by atoms with E-state index in [0.29, 0.717) is 19.7 Å². The van der Waals surface area contributed by atoms with Gasteiger partial charge < -0.3 is 15.0 Å². The average Bonchev–Trinajstić information content (AvgIpc) is 3.30. The van der Waals surface area contributed by atoms with Gasteiger partial charge in [0.2, 0.25) is 5.91 Å². The first-order chi connectivity index (χ1) is 14.1. The summed E-state index contributed by atoms with van der Waals surface area (Å²) >= 11 is 1.59. The number of nitrogens with one attached hydrogen (secondary N) is 1. The van der Waals surface area contributed by atoms with E-state index in [2.05, 4.69) is 15.3 Å². The van der Waals surface area contributed by atoms with Crippen LogP contribution in [0.5, 0.6) is 0 Å². The van der Waals surface area contributed by atoms with Gasteiger partial charge in [-0.15, -0.1) is 0 Å². The number of carbonyl (C=O) groups is 1. The number of aryl methyl sites for hydroxylation is 1. The number of carbonyl (C=O) groups excluding carboxylic acids is 1. The predicted molar refractivity (Wildman–Crippen MR) is 111 cm³/mol. The van der Waals surface area contributed by atoms with Crippen molar-refractivity contribution in [3.8, 4) is 5.69 Å². The van der Waals surface area contributed by atoms with Crippen molar-refractivity contribution >= 4 is 32.7 Å². The number of hydrogen-bond donors (Lipinski definition) is 1. The fraction of sp³-hybridized carbons (Fsp3) is 0.450. The molecule has 1 aliphatic rings. The third-order valence-corrected chi connectivity index (χ3v) is 6.33. The SMILES string of the molecule is COCCNC(=O)C1CCCN(c2nc3c(s2)c(C)nn3-c2ccc(F)cc2)C1. The molecule has 1 unspecified atom stereocenters. The zero-order chi connectivity index (χ0) is 20.4. The van der Waals surface area contributed by atoms with Crippen LogP contribution < -0.4 is 10.2 Å². The lowest BCUT2D eigenvalue weighted by Gasteiger charge is -2.31. The van der Waals surface area contributed by atoms with E-state index in [-0.39, 0.29) is 17.6 Å². The predicted octanol–water partition coefficient (Wildman–Crippen LogP) is 2.91. The summed E-state index contributed by atoms with van der Waals surface area (Å²) in [5.74, 6) is -0.264. The Morgan fingerprint density at radius 2 is 2.17 bits per heavy atom. The van der Waals surface area contributed by atoms with Crippen LogP contribution in [0.1, 0.15) is 18.5 Å². The second-order valence-corrected chi connectivity index (χ2v) is 8.17. The molecule has 7 nitrogen and oxygen atoms in total. The maximum atomic E-state index is 13.3. The fourth-order valence-corrected chi connectivity index (χ4v) is 4.63. The summed E-state index contributed by atoms with van der Waals surface area (Å²) in [6.07, 6.45) is 1.82. The molecule has 3 heterocycles. The van der Waals surface area contributed by atoms with Gasteiger partial charge in [0, 0.05) is 26.7 Å². The smallest absolute Gasteiger partial charge is 0.224 e. The van der Waals surface area contributed by atoms with Gasteiger partial charge >= 0.3 is 0 Å². The Morgan fingerprint density at radius 1 is 1.38 bits per heavy atom. The van der Waals surface area contributed by atoms with Crippen LogP contribution in [0.15, 0.2) is 24.3 Å². The molecule has 2 aromatic heterocycles. The standard InChI is InChI=1S/C20H24FN5O2S/c1-13-17-18(26(24-13)16-7-5-15(21)6-8-16)23-20(29-17)25-10-3-4-14(12-25)19(27)22-9-11-28-2/h5-8,14H,3-4,9-12H2,1-2H3,(H,22,27). The van der Waals surface area contributed by atoms with E-state index < -0.39 is 0 Å². The van der Waals surface area contributed by atoms with Crippen molar-refractivity contribution in [2.75, 3.05) is 38.3 Å². The van der Waals surface area contributed by atoms with E-state index in [1.54, 1.807) is 35.3 Å². The van der Waals surface area contributed by atoms with Crippen molar-refractivity contribution in [3.63, 3.8) is 0 Å². The Labute approximate surface area is 172 Å². The molecule has 154 valence electrons. The van der Waals surface area contributed by atoms with E-state index in [0.717, 1.165) is 46.2 Å². The van der Waals surface area contributed by atoms with Gasteiger partial charge in [0.15, 0.2) is 10.8 Å². The number of nitrogens with zero attached hydrogens (tertiary/aromatic N) is 4. The third kappa shape index (κ3) is 4.11. The van der Waals surface area contributed by atoms with Crippen molar-refractivity contribution in [1.29, 1.82) is 0 Å². The maximum absolute atomic E-state index is 13.3. The first-order valence-electron chi connectivity index (χ1n) is 9.70. The second-order valence-electron chi connectivity index (χ2n) is 7.19. The number of aromatic nitrogens is 3. The Kier molecular flexibility index (Phi) is 5.77. The molecule has 1 fully saturated rings. The van der Waals surface area contributed by atoms with Gasteiger partial charge in [-0.1, -0.05) is 11.3 Å². The normalized spacial score (nSPS) is 17.1. The highest BCUT2D eigenvalue weighted by Gasteiger charge is 2.28. The van der Waals surface area contributed by atoms with Crippen molar-refractivity contribution in [2.24, 2.45) is 5.92 Å². The molecule has 3 aromatic rings. The lowest BCUT2D eigenvalue weighted by atomic mass is 9.97. The number of hydrogen-bond acceptors (Lipinski definition) is 6. The maximum Gasteiger partial charge on any atom is 0.224 e. The molecular formula is C20H24FN5O2S. The molecule has 0 radical (unpaired) electrons. The number of methoxy groups -OCH3 is 1. The molecule has 1 aromatic carbocycles. The average molecular weight is 418 g/mol. The summed E-state index contributed by atoms with van der Waals surface area (Å²) in [6.45, 7) is 4.52. The number of rotatable bonds is 6. The number of fused-ring (bicyclic) bond motifs is 1. The zero-order valence-electron chi connectivity index (χ0n) is 16.5. The van der Waals surface area contributed by atoms with Crippen LogP contribution in [0.25, 0.3) is 16.0 Å². The first kappa shape index (κ1) is 19.8. The van der Waals surface area contributed by atoms with Gasteiger partial charge in [-0.05, 0) is 44.0 Å². The van der Waals surface area contributed by atoms with E-state index >= 15 is 0 Å². The molecule has 1 aliphatic heterocycles. The third-order valence-electron chi connectivity index (χ3n) is 5.12. The fourth-order valence-electron chi connectivity index (χ4n) is 3.61. The van der Waals surface area contributed by atoms with Crippen molar-refractivity contribution in [2.45, 2.75) is 19.8 Å². The molecule has 9 heteroatoms. The summed E-state index contributed by atoms with van der Waals surface area (Å²) in [5, 5.41) is 8.40. The molecule has 0 saturated carbocycles. The zero-order valence-corrected chi connectivity index (χ0v) is 17.3. The van der Waals surface area contributed by atoms with Crippen molar-refractivity contribution in [3.05, 3.63) is 35.8 Å². The number of halogens is 1. The molecule has 1 atom stereocenters. The summed E-state index contributed by atoms with van der Waals surface area (Å²) in [6, 6.07) is 6.23. The first-order valence-corrected chi connectivity index (χ1v) is 10.5. The monoisotopic (exact) mass is 417 g/mol. The van der Waals surface area contributed by atoms with Crippen LogP contribution in [0.3, 0.4) is 0 Å². The van der Waals surface area contributed by atoms with Gasteiger partial charge in [-0.2, -0.15) is 10.1 Å². The van der Waals surface area contributed by atoms with Gasteiger partial charge in [-0.25, -0.2) is 9.07 Å². The van der Waals surface area contributed by atoms with Crippen LogP contribution >= 0.6 is 11.3 Å². The van der Waals surface area contributed by atoms with Gasteiger partial charge in [0.05, 0.1) is 28.6 Å². The highest BCUT2D eigenvalue weighted by Crippen LogP contribution is 2.34. The minimum absolute atomic E-state index is 0.0534. The van der Waals surface area contributed by atoms with Crippen LogP contribution in [0, 0.1) is 18.7 Å². The summed E-state index contributed by atoms with van der Waals surface area (Å²) in [4.78, 5) is 19.4. The largest absolute Gasteiger partial charge is 0.383 e. The molecule has 1 saturated heterocycles. The Balaban J connectivity index is 1.55. The number of amides is 1. The molecule has 29 heavy (non-hydrogen) atoms. The Morgan fingerprint density at radius 3 is 2.93 bits per heavy atom. The van der Waals surface area contributed by atoms with E-state index in [4.69, 9.17) is 9.72 Å². The minimum atomic E-state index is -0.282. The molecule has 0 spiro atoms. The second kappa shape index (κ2) is 8.46. The van der Waals surface area contributed by atoms with Crippen molar-refractivity contribution in [1.82, 2.24) is 20.1 Å². The van der Waals surface area contributed by atoms with E-state index in [1.807, 2.05) is 6.92 Å². The van der Waals surface area contributed by atoms with Gasteiger partial charge in [0.25, 0.3) is 0 Å². The van der Waals surface area contributed by atoms with Crippen LogP contribution in [0.4, 0.5) is 9.52 Å². The number of benzene rings is 1. The number of piperidine rings is 1. The molecule has 1 amide bonds. The van der Waals surface area contributed by atoms with Gasteiger partial charge in [-0.3, -0.25) is 4.79 Å². The molecule has 0 bridgehead atoms. The summed E-state index contributed by atoms with van der Waals surface area (Å²) in [7, 11) is 1.62. The van der Waals surface area contributed by atoms with Crippen molar-refractivity contribution < 1.29 is 13.9 Å². The molecule has 0 aliphatic carbocycles. The Hall–Kier alpha value is -2.52. The highest BCUT2D eigenvalue weighted by atomic mass is 32.1.